The molecule has 0 spiro atoms. The van der Waals surface area contributed by atoms with Crippen molar-refractivity contribution in [2.45, 2.75) is 11.8 Å². The molecular weight excluding hydrogens is 361 g/mol. The van der Waals surface area contributed by atoms with Gasteiger partial charge in [0.25, 0.3) is 5.91 Å². The monoisotopic (exact) mass is 371 g/mol. The molecule has 2 aromatic carbocycles. The van der Waals surface area contributed by atoms with Crippen molar-refractivity contribution in [3.63, 3.8) is 0 Å². The van der Waals surface area contributed by atoms with Crippen LogP contribution in [0.3, 0.4) is 0 Å². The first-order chi connectivity index (χ1) is 9.79. The SMILES string of the molecule is Cc1ccc(C(=O)Nc2ccccc2S(=O)(=O)F)c(Br)c1. The topological polar surface area (TPSA) is 63.2 Å². The number of nitrogens with one attached hydrogen (secondary N) is 1. The third kappa shape index (κ3) is 3.68. The first-order valence-corrected chi connectivity index (χ1v) is 8.08. The Morgan fingerprint density at radius 1 is 1.19 bits per heavy atom. The summed E-state index contributed by atoms with van der Waals surface area (Å²) in [4.78, 5) is 11.6. The van der Waals surface area contributed by atoms with Crippen molar-refractivity contribution in [1.82, 2.24) is 0 Å². The lowest BCUT2D eigenvalue weighted by atomic mass is 10.1. The Kier molecular flexibility index (Phi) is 4.43. The molecule has 7 heteroatoms. The van der Waals surface area contributed by atoms with Gasteiger partial charge in [0.2, 0.25) is 0 Å². The maximum atomic E-state index is 13.2. The predicted octanol–water partition coefficient (Wildman–Crippen LogP) is 3.67. The van der Waals surface area contributed by atoms with E-state index in [1.165, 1.54) is 18.2 Å². The summed E-state index contributed by atoms with van der Waals surface area (Å²) in [6.07, 6.45) is 0. The Bertz CT molecular complexity index is 806. The standard InChI is InChI=1S/C14H11BrFNO3S/c1-9-6-7-10(11(15)8-9)14(18)17-12-4-2-3-5-13(12)21(16,19)20/h2-8H,1H3,(H,17,18). The van der Waals surface area contributed by atoms with E-state index in [2.05, 4.69) is 21.2 Å². The van der Waals surface area contributed by atoms with Crippen LogP contribution in [0, 0.1) is 6.92 Å². The van der Waals surface area contributed by atoms with Gasteiger partial charge in [-0.25, -0.2) is 0 Å². The average Bonchev–Trinajstić information content (AvgIpc) is 2.37. The molecule has 0 saturated carbocycles. The van der Waals surface area contributed by atoms with Gasteiger partial charge in [-0.3, -0.25) is 4.79 Å². The zero-order chi connectivity index (χ0) is 15.6. The molecule has 21 heavy (non-hydrogen) atoms. The average molecular weight is 372 g/mol. The van der Waals surface area contributed by atoms with Crippen LogP contribution in [0.15, 0.2) is 51.8 Å². The zero-order valence-electron chi connectivity index (χ0n) is 10.9. The summed E-state index contributed by atoms with van der Waals surface area (Å²) in [6.45, 7) is 1.87. The van der Waals surface area contributed by atoms with Crippen molar-refractivity contribution in [2.24, 2.45) is 0 Å². The van der Waals surface area contributed by atoms with Gasteiger partial charge < -0.3 is 5.32 Å². The molecule has 2 rings (SSSR count). The molecule has 4 nitrogen and oxygen atoms in total. The first-order valence-electron chi connectivity index (χ1n) is 5.90. The number of amides is 1. The van der Waals surface area contributed by atoms with Gasteiger partial charge >= 0.3 is 10.2 Å². The van der Waals surface area contributed by atoms with E-state index in [0.29, 0.717) is 10.0 Å². The zero-order valence-corrected chi connectivity index (χ0v) is 13.3. The van der Waals surface area contributed by atoms with E-state index >= 15 is 0 Å². The summed E-state index contributed by atoms with van der Waals surface area (Å²) in [5.74, 6) is -0.530. The second-order valence-electron chi connectivity index (χ2n) is 4.37. The Balaban J connectivity index is 2.37. The number of benzene rings is 2. The number of para-hydroxylation sites is 1. The molecule has 0 unspecified atom stereocenters. The highest BCUT2D eigenvalue weighted by molar-refractivity contribution is 9.10. The van der Waals surface area contributed by atoms with Gasteiger partial charge in [-0.2, -0.15) is 8.42 Å². The predicted molar refractivity (Wildman–Crippen MR) is 81.6 cm³/mol. The van der Waals surface area contributed by atoms with Crippen LogP contribution in [0.25, 0.3) is 0 Å². The van der Waals surface area contributed by atoms with Gasteiger partial charge in [0.05, 0.1) is 11.3 Å². The van der Waals surface area contributed by atoms with E-state index in [-0.39, 0.29) is 5.69 Å². The number of anilines is 1. The minimum absolute atomic E-state index is 0.0996. The van der Waals surface area contributed by atoms with Crippen molar-refractivity contribution < 1.29 is 17.1 Å². The smallest absolute Gasteiger partial charge is 0.321 e. The number of aryl methyl sites for hydroxylation is 1. The van der Waals surface area contributed by atoms with Crippen LogP contribution in [-0.4, -0.2) is 14.3 Å². The number of hydrogen-bond donors (Lipinski definition) is 1. The highest BCUT2D eigenvalue weighted by Gasteiger charge is 2.19. The molecule has 1 amide bonds. The van der Waals surface area contributed by atoms with Gasteiger partial charge in [-0.05, 0) is 52.7 Å². The normalized spacial score (nSPS) is 11.2. The Hall–Kier alpha value is -1.73. The fourth-order valence-corrected chi connectivity index (χ4v) is 3.07. The Morgan fingerprint density at radius 3 is 2.48 bits per heavy atom. The van der Waals surface area contributed by atoms with Crippen LogP contribution < -0.4 is 5.32 Å². The van der Waals surface area contributed by atoms with Gasteiger partial charge in [0.1, 0.15) is 4.90 Å². The lowest BCUT2D eigenvalue weighted by Crippen LogP contribution is -2.14. The van der Waals surface area contributed by atoms with Crippen LogP contribution in [0.5, 0.6) is 0 Å². The molecule has 0 heterocycles. The fourth-order valence-electron chi connectivity index (χ4n) is 1.78. The summed E-state index contributed by atoms with van der Waals surface area (Å²) in [5, 5.41) is 2.41. The molecule has 0 fully saturated rings. The van der Waals surface area contributed by atoms with E-state index in [0.717, 1.165) is 11.6 Å². The molecule has 0 aliphatic heterocycles. The number of rotatable bonds is 3. The first kappa shape index (κ1) is 15.7. The second kappa shape index (κ2) is 5.95. The highest BCUT2D eigenvalue weighted by Crippen LogP contribution is 2.25. The van der Waals surface area contributed by atoms with E-state index < -0.39 is 21.0 Å². The Morgan fingerprint density at radius 2 is 1.86 bits per heavy atom. The quantitative estimate of drug-likeness (QED) is 0.837. The number of hydrogen-bond acceptors (Lipinski definition) is 3. The number of carbonyl (C=O) groups is 1. The molecule has 0 bridgehead atoms. The molecule has 0 atom stereocenters. The summed E-state index contributed by atoms with van der Waals surface area (Å²) >= 11 is 3.27. The number of carbonyl (C=O) groups excluding carboxylic acids is 1. The van der Waals surface area contributed by atoms with Crippen molar-refractivity contribution in [3.8, 4) is 0 Å². The molecule has 0 aliphatic carbocycles. The maximum absolute atomic E-state index is 13.2. The summed E-state index contributed by atoms with van der Waals surface area (Å²) in [6, 6.07) is 10.4. The summed E-state index contributed by atoms with van der Waals surface area (Å²) in [5.41, 5.74) is 1.19. The molecule has 0 radical (unpaired) electrons. The lowest BCUT2D eigenvalue weighted by molar-refractivity contribution is 0.102. The molecule has 2 aromatic rings. The van der Waals surface area contributed by atoms with Crippen molar-refractivity contribution in [2.75, 3.05) is 5.32 Å². The van der Waals surface area contributed by atoms with Gasteiger partial charge in [-0.15, -0.1) is 3.89 Å². The molecular formula is C14H11BrFNO3S. The molecule has 110 valence electrons. The third-order valence-corrected chi connectivity index (χ3v) is 4.30. The lowest BCUT2D eigenvalue weighted by Gasteiger charge is -2.09. The molecule has 0 saturated heterocycles. The van der Waals surface area contributed by atoms with Crippen molar-refractivity contribution in [1.29, 1.82) is 0 Å². The van der Waals surface area contributed by atoms with E-state index in [9.17, 15) is 17.1 Å². The highest BCUT2D eigenvalue weighted by atomic mass is 79.9. The van der Waals surface area contributed by atoms with Gasteiger partial charge in [0.15, 0.2) is 0 Å². The van der Waals surface area contributed by atoms with E-state index in [4.69, 9.17) is 0 Å². The van der Waals surface area contributed by atoms with Crippen LogP contribution in [-0.2, 0) is 10.2 Å². The van der Waals surface area contributed by atoms with E-state index in [1.807, 2.05) is 6.92 Å². The summed E-state index contributed by atoms with van der Waals surface area (Å²) in [7, 11) is -4.90. The van der Waals surface area contributed by atoms with E-state index in [1.54, 1.807) is 18.2 Å². The fraction of sp³-hybridized carbons (Fsp3) is 0.0714. The van der Waals surface area contributed by atoms with Crippen LogP contribution >= 0.6 is 15.9 Å². The molecule has 0 aromatic heterocycles. The van der Waals surface area contributed by atoms with Crippen LogP contribution in [0.2, 0.25) is 0 Å². The van der Waals surface area contributed by atoms with Crippen molar-refractivity contribution >= 4 is 37.7 Å². The maximum Gasteiger partial charge on any atom is 0.334 e. The third-order valence-electron chi connectivity index (χ3n) is 2.77. The van der Waals surface area contributed by atoms with Crippen molar-refractivity contribution in [3.05, 3.63) is 58.1 Å². The molecule has 0 aliphatic rings. The Labute approximate surface area is 130 Å². The second-order valence-corrected chi connectivity index (χ2v) is 6.54. The number of halogens is 2. The van der Waals surface area contributed by atoms with Crippen LogP contribution in [0.1, 0.15) is 15.9 Å². The molecule has 1 N–H and O–H groups in total. The van der Waals surface area contributed by atoms with Crippen LogP contribution in [0.4, 0.5) is 9.57 Å². The minimum atomic E-state index is -4.90. The minimum Gasteiger partial charge on any atom is -0.321 e. The van der Waals surface area contributed by atoms with Gasteiger partial charge in [-0.1, -0.05) is 18.2 Å². The largest absolute Gasteiger partial charge is 0.334 e. The summed E-state index contributed by atoms with van der Waals surface area (Å²) < 4.78 is 35.9. The van der Waals surface area contributed by atoms with Gasteiger partial charge in [0, 0.05) is 4.47 Å².